The van der Waals surface area contributed by atoms with Gasteiger partial charge in [-0.2, -0.15) is 0 Å². The quantitative estimate of drug-likeness (QED) is 0.604. The van der Waals surface area contributed by atoms with Gasteiger partial charge < -0.3 is 14.2 Å². The van der Waals surface area contributed by atoms with Gasteiger partial charge in [0.25, 0.3) is 0 Å². The summed E-state index contributed by atoms with van der Waals surface area (Å²) in [5, 5.41) is 12.1. The van der Waals surface area contributed by atoms with Crippen LogP contribution in [0.5, 0.6) is 0 Å². The number of nitrogens with zero attached hydrogens (tertiary/aromatic N) is 3. The molecule has 0 aromatic carbocycles. The second-order valence-corrected chi connectivity index (χ2v) is 7.32. The molecule has 0 spiro atoms. The molecule has 0 aliphatic carbocycles. The summed E-state index contributed by atoms with van der Waals surface area (Å²) >= 11 is 1.36. The fourth-order valence-electron chi connectivity index (χ4n) is 2.54. The Morgan fingerprint density at radius 2 is 1.96 bits per heavy atom. The van der Waals surface area contributed by atoms with Crippen LogP contribution in [0.3, 0.4) is 0 Å². The molecule has 3 aromatic rings. The van der Waals surface area contributed by atoms with E-state index in [1.165, 1.54) is 11.8 Å². The van der Waals surface area contributed by atoms with Crippen molar-refractivity contribution in [2.24, 2.45) is 5.92 Å². The largest absolute Gasteiger partial charge is 0.467 e. The van der Waals surface area contributed by atoms with Crippen molar-refractivity contribution in [1.29, 1.82) is 0 Å². The van der Waals surface area contributed by atoms with E-state index in [0.29, 0.717) is 22.7 Å². The van der Waals surface area contributed by atoms with Gasteiger partial charge in [0.15, 0.2) is 16.7 Å². The van der Waals surface area contributed by atoms with Crippen LogP contribution in [0.2, 0.25) is 0 Å². The van der Waals surface area contributed by atoms with E-state index in [0.717, 1.165) is 12.3 Å². The third-order valence-corrected chi connectivity index (χ3v) is 4.65. The molecule has 3 heterocycles. The first-order valence-corrected chi connectivity index (χ1v) is 9.45. The zero-order chi connectivity index (χ0) is 18.5. The zero-order valence-corrected chi connectivity index (χ0v) is 15.8. The van der Waals surface area contributed by atoms with Gasteiger partial charge in [-0.25, -0.2) is 0 Å². The number of hydrogen-bond donors (Lipinski definition) is 1. The standard InChI is InChI=1S/C18H22N4O3S/c1-12(2)10-22-17(15-7-5-9-25-15)20-21-18(22)26-11-16(23)19-13(3)14-6-4-8-24-14/h4-9,12-13H,10-11H2,1-3H3,(H,19,23)/t13-/m1/s1. The Morgan fingerprint density at radius 1 is 1.19 bits per heavy atom. The highest BCUT2D eigenvalue weighted by Gasteiger charge is 2.19. The van der Waals surface area contributed by atoms with Gasteiger partial charge in [-0.1, -0.05) is 25.6 Å². The highest BCUT2D eigenvalue weighted by Crippen LogP contribution is 2.25. The molecule has 7 nitrogen and oxygen atoms in total. The van der Waals surface area contributed by atoms with Crippen LogP contribution in [0.25, 0.3) is 11.6 Å². The lowest BCUT2D eigenvalue weighted by Crippen LogP contribution is -2.28. The molecule has 1 N–H and O–H groups in total. The van der Waals surface area contributed by atoms with Crippen LogP contribution in [0.4, 0.5) is 0 Å². The minimum absolute atomic E-state index is 0.0856. The number of hydrogen-bond acceptors (Lipinski definition) is 6. The van der Waals surface area contributed by atoms with E-state index in [1.54, 1.807) is 18.6 Å². The van der Waals surface area contributed by atoms with Crippen molar-refractivity contribution < 1.29 is 13.6 Å². The SMILES string of the molecule is CC(C)Cn1c(SCC(=O)N[C@H](C)c2ccco2)nnc1-c1ccco1. The molecule has 8 heteroatoms. The number of amides is 1. The van der Waals surface area contributed by atoms with E-state index in [-0.39, 0.29) is 17.7 Å². The Balaban J connectivity index is 1.66. The lowest BCUT2D eigenvalue weighted by molar-refractivity contribution is -0.119. The summed E-state index contributed by atoms with van der Waals surface area (Å²) in [6, 6.07) is 7.14. The van der Waals surface area contributed by atoms with Crippen LogP contribution in [-0.2, 0) is 11.3 Å². The van der Waals surface area contributed by atoms with Gasteiger partial charge in [-0.05, 0) is 37.1 Å². The summed E-state index contributed by atoms with van der Waals surface area (Å²) in [5.74, 6) is 2.65. The van der Waals surface area contributed by atoms with Crippen molar-refractivity contribution in [3.8, 4) is 11.6 Å². The molecule has 0 unspecified atom stereocenters. The van der Waals surface area contributed by atoms with Crippen molar-refractivity contribution in [1.82, 2.24) is 20.1 Å². The number of aromatic nitrogens is 3. The van der Waals surface area contributed by atoms with Gasteiger partial charge in [0.1, 0.15) is 5.76 Å². The summed E-state index contributed by atoms with van der Waals surface area (Å²) in [7, 11) is 0. The maximum atomic E-state index is 12.2. The molecule has 1 amide bonds. The lowest BCUT2D eigenvalue weighted by atomic mass is 10.2. The molecule has 0 aliphatic rings. The maximum Gasteiger partial charge on any atom is 0.231 e. The third-order valence-electron chi connectivity index (χ3n) is 3.69. The lowest BCUT2D eigenvalue weighted by Gasteiger charge is -2.13. The first kappa shape index (κ1) is 18.3. The molecule has 0 bridgehead atoms. The highest BCUT2D eigenvalue weighted by molar-refractivity contribution is 7.99. The van der Waals surface area contributed by atoms with Crippen LogP contribution >= 0.6 is 11.8 Å². The molecule has 0 fully saturated rings. The van der Waals surface area contributed by atoms with Crippen LogP contribution in [0, 0.1) is 5.92 Å². The van der Waals surface area contributed by atoms with Crippen LogP contribution in [0.1, 0.15) is 32.6 Å². The van der Waals surface area contributed by atoms with Gasteiger partial charge in [-0.3, -0.25) is 9.36 Å². The van der Waals surface area contributed by atoms with Gasteiger partial charge in [-0.15, -0.1) is 10.2 Å². The van der Waals surface area contributed by atoms with E-state index < -0.39 is 0 Å². The first-order valence-electron chi connectivity index (χ1n) is 8.47. The summed E-state index contributed by atoms with van der Waals surface area (Å²) in [6.45, 7) is 6.88. The van der Waals surface area contributed by atoms with Crippen molar-refractivity contribution >= 4 is 17.7 Å². The Kier molecular flexibility index (Phi) is 5.82. The molecule has 138 valence electrons. The molecule has 1 atom stereocenters. The predicted octanol–water partition coefficient (Wildman–Crippen LogP) is 3.76. The van der Waals surface area contributed by atoms with Crippen LogP contribution < -0.4 is 5.32 Å². The van der Waals surface area contributed by atoms with Gasteiger partial charge in [0.2, 0.25) is 5.91 Å². The average molecular weight is 374 g/mol. The van der Waals surface area contributed by atoms with Crippen molar-refractivity contribution in [3.63, 3.8) is 0 Å². The Hall–Kier alpha value is -2.48. The minimum atomic E-state index is -0.176. The molecular weight excluding hydrogens is 352 g/mol. The van der Waals surface area contributed by atoms with E-state index >= 15 is 0 Å². The van der Waals surface area contributed by atoms with E-state index in [2.05, 4.69) is 29.4 Å². The third kappa shape index (κ3) is 4.37. The predicted molar refractivity (Wildman–Crippen MR) is 98.6 cm³/mol. The molecule has 3 aromatic heterocycles. The molecule has 0 saturated carbocycles. The zero-order valence-electron chi connectivity index (χ0n) is 15.0. The second-order valence-electron chi connectivity index (χ2n) is 6.38. The summed E-state index contributed by atoms with van der Waals surface area (Å²) < 4.78 is 12.8. The Labute approximate surface area is 156 Å². The second kappa shape index (κ2) is 8.27. The summed E-state index contributed by atoms with van der Waals surface area (Å²) in [6.07, 6.45) is 3.21. The number of nitrogens with one attached hydrogen (secondary N) is 1. The fourth-order valence-corrected chi connectivity index (χ4v) is 3.29. The first-order chi connectivity index (χ1) is 12.5. The Morgan fingerprint density at radius 3 is 2.62 bits per heavy atom. The maximum absolute atomic E-state index is 12.2. The van der Waals surface area contributed by atoms with Crippen molar-refractivity contribution in [2.45, 2.75) is 38.5 Å². The van der Waals surface area contributed by atoms with E-state index in [9.17, 15) is 4.79 Å². The summed E-state index contributed by atoms with van der Waals surface area (Å²) in [5.41, 5.74) is 0. The topological polar surface area (TPSA) is 86.1 Å². The Bertz CT molecular complexity index is 825. The minimum Gasteiger partial charge on any atom is -0.467 e. The van der Waals surface area contributed by atoms with Crippen LogP contribution in [-0.4, -0.2) is 26.4 Å². The average Bonchev–Trinajstić information content (AvgIpc) is 3.34. The molecule has 0 aliphatic heterocycles. The molecule has 0 radical (unpaired) electrons. The van der Waals surface area contributed by atoms with Gasteiger partial charge >= 0.3 is 0 Å². The highest BCUT2D eigenvalue weighted by atomic mass is 32.2. The number of rotatable bonds is 8. The number of thioether (sulfide) groups is 1. The van der Waals surface area contributed by atoms with Gasteiger partial charge in [0, 0.05) is 6.54 Å². The van der Waals surface area contributed by atoms with E-state index in [4.69, 9.17) is 8.83 Å². The van der Waals surface area contributed by atoms with Gasteiger partial charge in [0.05, 0.1) is 24.3 Å². The smallest absolute Gasteiger partial charge is 0.231 e. The summed E-state index contributed by atoms with van der Waals surface area (Å²) in [4.78, 5) is 12.2. The van der Waals surface area contributed by atoms with Crippen molar-refractivity contribution in [2.75, 3.05) is 5.75 Å². The molecular formula is C18H22N4O3S. The molecule has 26 heavy (non-hydrogen) atoms. The van der Waals surface area contributed by atoms with Crippen LogP contribution in [0.15, 0.2) is 50.8 Å². The number of carbonyl (C=O) groups is 1. The molecule has 3 rings (SSSR count). The number of carbonyl (C=O) groups excluding carboxylic acids is 1. The monoisotopic (exact) mass is 374 g/mol. The fraction of sp³-hybridized carbons (Fsp3) is 0.389. The van der Waals surface area contributed by atoms with E-state index in [1.807, 2.05) is 29.7 Å². The normalized spacial score (nSPS) is 12.5. The number of furan rings is 2. The van der Waals surface area contributed by atoms with Crippen molar-refractivity contribution in [3.05, 3.63) is 42.6 Å². The molecule has 0 saturated heterocycles.